The van der Waals surface area contributed by atoms with Crippen LogP contribution in [0, 0.1) is 0 Å². The van der Waals surface area contributed by atoms with E-state index in [1.54, 1.807) is 18.3 Å². The fourth-order valence-corrected chi connectivity index (χ4v) is 4.60. The lowest BCUT2D eigenvalue weighted by Gasteiger charge is -2.23. The highest BCUT2D eigenvalue weighted by atomic mass is 35.5. The van der Waals surface area contributed by atoms with Crippen LogP contribution in [0.25, 0.3) is 11.1 Å². The maximum atomic E-state index is 6.55. The van der Waals surface area contributed by atoms with E-state index in [1.165, 1.54) is 5.56 Å². The largest absolute Gasteiger partial charge is 0.492 e. The summed E-state index contributed by atoms with van der Waals surface area (Å²) in [6.45, 7) is 6.92. The number of hydrogen-bond acceptors (Lipinski definition) is 5. The monoisotopic (exact) mass is 485 g/mol. The van der Waals surface area contributed by atoms with E-state index >= 15 is 0 Å². The SMILES string of the molecule is CCOc1ccc(Cl)c(C(C)Oc2cc(-c3ccc(C4CNCC[N]4)cc3)cnc2N)c1Cl. The molecule has 0 aliphatic carbocycles. The quantitative estimate of drug-likeness (QED) is 0.466. The molecule has 1 radical (unpaired) electrons. The number of nitrogen functional groups attached to an aromatic ring is 1. The second kappa shape index (κ2) is 10.6. The van der Waals surface area contributed by atoms with E-state index in [1.807, 2.05) is 19.9 Å². The van der Waals surface area contributed by atoms with Gasteiger partial charge in [0, 0.05) is 42.0 Å². The number of ether oxygens (including phenoxy) is 2. The first-order valence-corrected chi connectivity index (χ1v) is 11.7. The molecule has 173 valence electrons. The van der Waals surface area contributed by atoms with E-state index in [-0.39, 0.29) is 6.04 Å². The van der Waals surface area contributed by atoms with Crippen LogP contribution in [0.2, 0.25) is 10.0 Å². The molecule has 1 aliphatic heterocycles. The van der Waals surface area contributed by atoms with Crippen LogP contribution in [0.1, 0.15) is 37.1 Å². The molecule has 3 N–H and O–H groups in total. The topological polar surface area (TPSA) is 83.5 Å². The number of rotatable bonds is 7. The van der Waals surface area contributed by atoms with Gasteiger partial charge in [-0.15, -0.1) is 0 Å². The number of aromatic nitrogens is 1. The summed E-state index contributed by atoms with van der Waals surface area (Å²) in [4.78, 5) is 4.34. The number of halogens is 2. The van der Waals surface area contributed by atoms with Crippen LogP contribution in [0.5, 0.6) is 11.5 Å². The van der Waals surface area contributed by atoms with Crippen LogP contribution in [0.3, 0.4) is 0 Å². The Balaban J connectivity index is 1.56. The minimum Gasteiger partial charge on any atom is -0.492 e. The first kappa shape index (κ1) is 23.6. The van der Waals surface area contributed by atoms with Crippen LogP contribution in [-0.4, -0.2) is 31.2 Å². The van der Waals surface area contributed by atoms with Crippen molar-refractivity contribution >= 4 is 29.0 Å². The lowest BCUT2D eigenvalue weighted by Crippen LogP contribution is -2.38. The molecule has 8 heteroatoms. The maximum Gasteiger partial charge on any atom is 0.166 e. The van der Waals surface area contributed by atoms with Gasteiger partial charge in [-0.25, -0.2) is 10.3 Å². The number of pyridine rings is 1. The Morgan fingerprint density at radius 2 is 1.91 bits per heavy atom. The molecule has 2 atom stereocenters. The first-order valence-electron chi connectivity index (χ1n) is 11.0. The number of hydrogen-bond donors (Lipinski definition) is 2. The Kier molecular flexibility index (Phi) is 7.60. The summed E-state index contributed by atoms with van der Waals surface area (Å²) in [5.41, 5.74) is 9.87. The van der Waals surface area contributed by atoms with E-state index < -0.39 is 6.10 Å². The number of piperazine rings is 1. The van der Waals surface area contributed by atoms with Gasteiger partial charge >= 0.3 is 0 Å². The van der Waals surface area contributed by atoms with E-state index in [9.17, 15) is 0 Å². The maximum absolute atomic E-state index is 6.55. The summed E-state index contributed by atoms with van der Waals surface area (Å²) < 4.78 is 11.8. The van der Waals surface area contributed by atoms with E-state index in [0.717, 1.165) is 30.8 Å². The minimum absolute atomic E-state index is 0.194. The molecular formula is C25H27Cl2N4O2. The third-order valence-corrected chi connectivity index (χ3v) is 6.31. The third kappa shape index (κ3) is 5.36. The summed E-state index contributed by atoms with van der Waals surface area (Å²) in [7, 11) is 0. The van der Waals surface area contributed by atoms with Gasteiger partial charge in [-0.2, -0.15) is 0 Å². The van der Waals surface area contributed by atoms with Crippen molar-refractivity contribution < 1.29 is 9.47 Å². The van der Waals surface area contributed by atoms with Crippen molar-refractivity contribution in [1.29, 1.82) is 0 Å². The van der Waals surface area contributed by atoms with Crippen molar-refractivity contribution in [2.75, 3.05) is 32.0 Å². The Labute approximate surface area is 204 Å². The standard InChI is InChI=1S/C25H27Cl2N4O2/c1-3-32-21-9-8-19(26)23(24(21)27)15(2)33-22-12-18(13-31-25(22)28)16-4-6-17(7-5-16)20-14-29-10-11-30-20/h4-9,12-13,15,20,29H,3,10-11,14H2,1-2H3,(H2,28,31). The zero-order valence-corrected chi connectivity index (χ0v) is 20.2. The van der Waals surface area contributed by atoms with E-state index in [4.69, 9.17) is 38.4 Å². The van der Waals surface area contributed by atoms with Crippen molar-refractivity contribution in [3.8, 4) is 22.6 Å². The van der Waals surface area contributed by atoms with E-state index in [2.05, 4.69) is 39.9 Å². The number of anilines is 1. The van der Waals surface area contributed by atoms with Gasteiger partial charge in [0.1, 0.15) is 11.9 Å². The van der Waals surface area contributed by atoms with Gasteiger partial charge in [0.05, 0.1) is 17.7 Å². The third-order valence-electron chi connectivity index (χ3n) is 5.59. The molecular weight excluding hydrogens is 459 g/mol. The highest BCUT2D eigenvalue weighted by Crippen LogP contribution is 2.40. The fraction of sp³-hybridized carbons (Fsp3) is 0.320. The van der Waals surface area contributed by atoms with Gasteiger partial charge < -0.3 is 20.5 Å². The normalized spacial score (nSPS) is 16.9. The Morgan fingerprint density at radius 3 is 2.61 bits per heavy atom. The molecule has 4 rings (SSSR count). The smallest absolute Gasteiger partial charge is 0.166 e. The van der Waals surface area contributed by atoms with Crippen LogP contribution in [0.15, 0.2) is 48.7 Å². The number of nitrogens with one attached hydrogen (secondary N) is 1. The molecule has 1 aromatic heterocycles. The summed E-state index contributed by atoms with van der Waals surface area (Å²) in [5.74, 6) is 1.32. The molecule has 6 nitrogen and oxygen atoms in total. The second-order valence-corrected chi connectivity index (χ2v) is 8.61. The van der Waals surface area contributed by atoms with Crippen LogP contribution in [0.4, 0.5) is 5.82 Å². The zero-order chi connectivity index (χ0) is 23.4. The second-order valence-electron chi connectivity index (χ2n) is 7.82. The number of nitrogens with two attached hydrogens (primary N) is 1. The number of nitrogens with zero attached hydrogens (tertiary/aromatic N) is 2. The van der Waals surface area contributed by atoms with Crippen molar-refractivity contribution in [3.05, 3.63) is 69.8 Å². The summed E-state index contributed by atoms with van der Waals surface area (Å²) in [6, 6.07) is 13.9. The Bertz CT molecular complexity index is 1100. The minimum atomic E-state index is -0.465. The Hall–Kier alpha value is -2.51. The summed E-state index contributed by atoms with van der Waals surface area (Å²) in [6.07, 6.45) is 1.27. The highest BCUT2D eigenvalue weighted by Gasteiger charge is 2.21. The molecule has 0 spiro atoms. The van der Waals surface area contributed by atoms with Gasteiger partial charge in [0.2, 0.25) is 0 Å². The predicted molar refractivity (Wildman–Crippen MR) is 133 cm³/mol. The van der Waals surface area contributed by atoms with Gasteiger partial charge in [-0.3, -0.25) is 0 Å². The molecule has 0 saturated carbocycles. The lowest BCUT2D eigenvalue weighted by molar-refractivity contribution is 0.227. The van der Waals surface area contributed by atoms with Crippen molar-refractivity contribution in [3.63, 3.8) is 0 Å². The van der Waals surface area contributed by atoms with Gasteiger partial charge in [0.15, 0.2) is 11.6 Å². The molecule has 0 bridgehead atoms. The van der Waals surface area contributed by atoms with Crippen LogP contribution >= 0.6 is 23.2 Å². The van der Waals surface area contributed by atoms with Crippen molar-refractivity contribution in [2.24, 2.45) is 0 Å². The fourth-order valence-electron chi connectivity index (χ4n) is 3.87. The van der Waals surface area contributed by atoms with Crippen LogP contribution in [-0.2, 0) is 0 Å². The lowest BCUT2D eigenvalue weighted by atomic mass is 10.0. The molecule has 1 saturated heterocycles. The highest BCUT2D eigenvalue weighted by molar-refractivity contribution is 6.37. The summed E-state index contributed by atoms with van der Waals surface area (Å²) >= 11 is 13.0. The zero-order valence-electron chi connectivity index (χ0n) is 18.6. The summed E-state index contributed by atoms with van der Waals surface area (Å²) in [5, 5.41) is 8.99. The molecule has 2 unspecified atom stereocenters. The molecule has 2 aromatic carbocycles. The molecule has 33 heavy (non-hydrogen) atoms. The molecule has 3 aromatic rings. The molecule has 0 amide bonds. The first-order chi connectivity index (χ1) is 16.0. The average Bonchev–Trinajstić information content (AvgIpc) is 2.83. The average molecular weight is 486 g/mol. The molecule has 2 heterocycles. The van der Waals surface area contributed by atoms with E-state index in [0.29, 0.717) is 39.5 Å². The molecule has 1 aliphatic rings. The van der Waals surface area contributed by atoms with Gasteiger partial charge in [-0.1, -0.05) is 47.5 Å². The van der Waals surface area contributed by atoms with Gasteiger partial charge in [-0.05, 0) is 43.2 Å². The Morgan fingerprint density at radius 1 is 1.12 bits per heavy atom. The van der Waals surface area contributed by atoms with Crippen molar-refractivity contribution in [1.82, 2.24) is 15.6 Å². The van der Waals surface area contributed by atoms with Gasteiger partial charge in [0.25, 0.3) is 0 Å². The predicted octanol–water partition coefficient (Wildman–Crippen LogP) is 5.43. The van der Waals surface area contributed by atoms with Crippen molar-refractivity contribution in [2.45, 2.75) is 26.0 Å². The molecule has 1 fully saturated rings. The van der Waals surface area contributed by atoms with Crippen LogP contribution < -0.4 is 25.8 Å². The number of benzene rings is 2.